The summed E-state index contributed by atoms with van der Waals surface area (Å²) in [6.07, 6.45) is 10.4. The van der Waals surface area contributed by atoms with Crippen molar-refractivity contribution in [3.05, 3.63) is 105 Å². The number of halogens is 4. The van der Waals surface area contributed by atoms with Crippen molar-refractivity contribution in [1.29, 1.82) is 0 Å². The van der Waals surface area contributed by atoms with Crippen LogP contribution in [-0.4, -0.2) is 40.0 Å². The van der Waals surface area contributed by atoms with Crippen LogP contribution in [0.4, 0.5) is 0 Å². The van der Waals surface area contributed by atoms with Gasteiger partial charge in [-0.1, -0.05) is 112 Å². The molecule has 4 atom stereocenters. The average Bonchev–Trinajstić information content (AvgIpc) is 2.90. The molecule has 208 valence electrons. The number of phosphoric ester groups is 1. The third kappa shape index (κ3) is 7.66. The zero-order valence-corrected chi connectivity index (χ0v) is 28.3. The van der Waals surface area contributed by atoms with Crippen molar-refractivity contribution >= 4 is 71.5 Å². The van der Waals surface area contributed by atoms with Gasteiger partial charge in [0.2, 0.25) is 0 Å². The third-order valence-electron chi connectivity index (χ3n) is 6.38. The Bertz CT molecular complexity index is 1240. The second kappa shape index (κ2) is 12.9. The number of ether oxygens (including phenoxy) is 2. The lowest BCUT2D eigenvalue weighted by Crippen LogP contribution is -2.42. The van der Waals surface area contributed by atoms with E-state index in [1.165, 1.54) is 0 Å². The van der Waals surface area contributed by atoms with Crippen molar-refractivity contribution in [2.45, 2.75) is 33.7 Å². The lowest BCUT2D eigenvalue weighted by molar-refractivity contribution is 0.0860. The molecule has 0 fully saturated rings. The number of methoxy groups -OCH3 is 2. The predicted molar refractivity (Wildman–Crippen MR) is 169 cm³/mol. The first-order chi connectivity index (χ1) is 18.5. The van der Waals surface area contributed by atoms with E-state index in [1.54, 1.807) is 26.4 Å². The van der Waals surface area contributed by atoms with E-state index < -0.39 is 28.7 Å². The van der Waals surface area contributed by atoms with Gasteiger partial charge in [-0.25, -0.2) is 4.57 Å². The molecule has 2 aliphatic carbocycles. The largest absolute Gasteiger partial charge is 0.497 e. The molecule has 4 rings (SSSR count). The molecule has 11 heteroatoms. The van der Waals surface area contributed by atoms with Gasteiger partial charge < -0.3 is 14.4 Å². The average molecular weight is 810 g/mol. The van der Waals surface area contributed by atoms with Crippen molar-refractivity contribution < 1.29 is 28.0 Å². The molecule has 6 nitrogen and oxygen atoms in total. The van der Waals surface area contributed by atoms with Gasteiger partial charge in [0.05, 0.1) is 22.9 Å². The topological polar surface area (TPSA) is 74.2 Å². The Morgan fingerprint density at radius 3 is 1.44 bits per heavy atom. The highest BCUT2D eigenvalue weighted by Gasteiger charge is 2.47. The van der Waals surface area contributed by atoms with Gasteiger partial charge in [-0.2, -0.15) is 0 Å². The number of alkyl halides is 2. The minimum absolute atomic E-state index is 0.483. The smallest absolute Gasteiger partial charge is 0.473 e. The summed E-state index contributed by atoms with van der Waals surface area (Å²) in [5, 5.41) is 0. The quantitative estimate of drug-likeness (QED) is 0.192. The molecule has 0 saturated heterocycles. The van der Waals surface area contributed by atoms with Crippen molar-refractivity contribution in [1.82, 2.24) is 0 Å². The number of rotatable bonds is 10. The van der Waals surface area contributed by atoms with Crippen LogP contribution in [0.3, 0.4) is 0 Å². The van der Waals surface area contributed by atoms with Crippen molar-refractivity contribution in [2.75, 3.05) is 14.2 Å². The molecule has 2 aliphatic rings. The number of hydrogen-bond donors (Lipinski definition) is 1. The Morgan fingerprint density at radius 1 is 0.744 bits per heavy atom. The summed E-state index contributed by atoms with van der Waals surface area (Å²) in [6, 6.07) is 15.3. The standard InChI is InChI=1S/C28H27Br4O6P/c1-35-21-11-7-19(8-12-21)17-27(31)15-3-5-23(29)25(27)37-39(33,34)38-26-24(30)6-4-16-28(26,32)18-20-9-13-22(36-2)14-10-20/h3-16,25-26H,17-18H2,1-2H3,(H,33,34). The number of phosphoric acid groups is 1. The molecule has 2 aromatic carbocycles. The summed E-state index contributed by atoms with van der Waals surface area (Å²) in [5.41, 5.74) is 1.98. The first-order valence-electron chi connectivity index (χ1n) is 11.9. The second-order valence-corrected chi connectivity index (χ2v) is 15.3. The Morgan fingerprint density at radius 2 is 1.10 bits per heavy atom. The van der Waals surface area contributed by atoms with Crippen LogP contribution < -0.4 is 9.47 Å². The Kier molecular flexibility index (Phi) is 10.3. The SMILES string of the molecule is COc1ccc(CC2(Br)C=CC=C(Br)C2OP(=O)(O)OC2C(Br)=CC=CC2(Br)Cc2ccc(OC)cc2)cc1. The molecule has 39 heavy (non-hydrogen) atoms. The van der Waals surface area contributed by atoms with Gasteiger partial charge >= 0.3 is 7.82 Å². The highest BCUT2D eigenvalue weighted by atomic mass is 79.9. The molecule has 2 aromatic rings. The lowest BCUT2D eigenvalue weighted by Gasteiger charge is -2.39. The molecule has 0 aliphatic heterocycles. The van der Waals surface area contributed by atoms with E-state index in [0.29, 0.717) is 21.8 Å². The first-order valence-corrected chi connectivity index (χ1v) is 16.6. The minimum Gasteiger partial charge on any atom is -0.497 e. The minimum atomic E-state index is -4.61. The van der Waals surface area contributed by atoms with E-state index in [9.17, 15) is 9.46 Å². The van der Waals surface area contributed by atoms with E-state index in [1.807, 2.05) is 72.8 Å². The maximum Gasteiger partial charge on any atom is 0.473 e. The van der Waals surface area contributed by atoms with Crippen molar-refractivity contribution in [2.24, 2.45) is 0 Å². The van der Waals surface area contributed by atoms with Crippen molar-refractivity contribution in [3.63, 3.8) is 0 Å². The van der Waals surface area contributed by atoms with E-state index in [-0.39, 0.29) is 0 Å². The number of benzene rings is 2. The van der Waals surface area contributed by atoms with Gasteiger partial charge in [-0.3, -0.25) is 9.05 Å². The van der Waals surface area contributed by atoms with Crippen LogP contribution >= 0.6 is 71.5 Å². The zero-order valence-electron chi connectivity index (χ0n) is 21.1. The van der Waals surface area contributed by atoms with Gasteiger partial charge in [0.15, 0.2) is 0 Å². The summed E-state index contributed by atoms with van der Waals surface area (Å²) >= 11 is 14.6. The number of hydrogen-bond acceptors (Lipinski definition) is 5. The molecular weight excluding hydrogens is 783 g/mol. The second-order valence-electron chi connectivity index (χ2n) is 9.16. The monoisotopic (exact) mass is 806 g/mol. The van der Waals surface area contributed by atoms with Gasteiger partial charge in [0.25, 0.3) is 0 Å². The fraction of sp³-hybridized carbons (Fsp3) is 0.286. The molecular formula is C28H27Br4O6P. The van der Waals surface area contributed by atoms with Crippen LogP contribution in [0.15, 0.2) is 94.0 Å². The normalized spacial score (nSPS) is 27.9. The fourth-order valence-electron chi connectivity index (χ4n) is 4.39. The lowest BCUT2D eigenvalue weighted by atomic mass is 9.90. The van der Waals surface area contributed by atoms with Crippen molar-refractivity contribution in [3.8, 4) is 11.5 Å². The molecule has 0 aromatic heterocycles. The first kappa shape index (κ1) is 31.0. The summed E-state index contributed by atoms with van der Waals surface area (Å²) in [5.74, 6) is 1.49. The maximum absolute atomic E-state index is 13.6. The molecule has 0 bridgehead atoms. The molecule has 0 spiro atoms. The predicted octanol–water partition coefficient (Wildman–Crippen LogP) is 8.32. The molecule has 4 unspecified atom stereocenters. The highest BCUT2D eigenvalue weighted by Crippen LogP contribution is 2.55. The number of allylic oxidation sites excluding steroid dienone is 4. The van der Waals surface area contributed by atoms with Gasteiger partial charge in [-0.05, 0) is 60.4 Å². The molecule has 0 radical (unpaired) electrons. The van der Waals surface area contributed by atoms with Crippen LogP contribution in [-0.2, 0) is 26.5 Å². The molecule has 0 amide bonds. The molecule has 1 N–H and O–H groups in total. The maximum atomic E-state index is 13.6. The van der Waals surface area contributed by atoms with Crippen LogP contribution in [0.5, 0.6) is 11.5 Å². The van der Waals surface area contributed by atoms with E-state index >= 15 is 0 Å². The van der Waals surface area contributed by atoms with Crippen LogP contribution in [0.2, 0.25) is 0 Å². The molecule has 0 saturated carbocycles. The van der Waals surface area contributed by atoms with Gasteiger partial charge in [0, 0.05) is 8.96 Å². The summed E-state index contributed by atoms with van der Waals surface area (Å²) < 4.78 is 35.5. The zero-order chi connectivity index (χ0) is 28.3. The van der Waals surface area contributed by atoms with E-state index in [2.05, 4.69) is 63.7 Å². The molecule has 0 heterocycles. The summed E-state index contributed by atoms with van der Waals surface area (Å²) in [7, 11) is -1.38. The highest BCUT2D eigenvalue weighted by molar-refractivity contribution is 9.12. The van der Waals surface area contributed by atoms with Crippen LogP contribution in [0.1, 0.15) is 11.1 Å². The third-order valence-corrected chi connectivity index (χ3v) is 10.6. The Labute approximate surface area is 262 Å². The van der Waals surface area contributed by atoms with Gasteiger partial charge in [-0.15, -0.1) is 0 Å². The Hall–Kier alpha value is -0.970. The Balaban J connectivity index is 1.54. The summed E-state index contributed by atoms with van der Waals surface area (Å²) in [6.45, 7) is 0. The van der Waals surface area contributed by atoms with Crippen LogP contribution in [0, 0.1) is 0 Å². The van der Waals surface area contributed by atoms with Gasteiger partial charge in [0.1, 0.15) is 23.7 Å². The summed E-state index contributed by atoms with van der Waals surface area (Å²) in [4.78, 5) is 11.1. The fourth-order valence-corrected chi connectivity index (χ4v) is 9.71. The van der Waals surface area contributed by atoms with E-state index in [4.69, 9.17) is 18.5 Å². The van der Waals surface area contributed by atoms with E-state index in [0.717, 1.165) is 22.6 Å². The van der Waals surface area contributed by atoms with Crippen LogP contribution in [0.25, 0.3) is 0 Å².